The number of nitrogens with one attached hydrogen (secondary N) is 1. The van der Waals surface area contributed by atoms with Crippen LogP contribution in [0.1, 0.15) is 48.0 Å². The van der Waals surface area contributed by atoms with Gasteiger partial charge in [-0.3, -0.25) is 4.79 Å². The van der Waals surface area contributed by atoms with Crippen LogP contribution in [-0.2, 0) is 14.3 Å². The summed E-state index contributed by atoms with van der Waals surface area (Å²) in [6.07, 6.45) is 0.220. The molecule has 2 heterocycles. The zero-order chi connectivity index (χ0) is 22.5. The van der Waals surface area contributed by atoms with Crippen LogP contribution in [0.25, 0.3) is 0 Å². The quantitative estimate of drug-likeness (QED) is 0.738. The molecule has 1 N–H and O–H groups in total. The lowest BCUT2D eigenvalue weighted by Crippen LogP contribution is -2.60. The van der Waals surface area contributed by atoms with Gasteiger partial charge in [0.2, 0.25) is 5.91 Å². The molecular formula is C21H38N4O5. The van der Waals surface area contributed by atoms with Crippen LogP contribution in [0.4, 0.5) is 9.59 Å². The number of ether oxygens (including phenoxy) is 2. The first-order valence-electron chi connectivity index (χ1n) is 11.0. The van der Waals surface area contributed by atoms with E-state index in [4.69, 9.17) is 9.47 Å². The Balaban J connectivity index is 1.85. The Labute approximate surface area is 180 Å². The molecule has 9 heteroatoms. The first-order chi connectivity index (χ1) is 14.0. The lowest BCUT2D eigenvalue weighted by Gasteiger charge is -2.43. The topological polar surface area (TPSA) is 91.4 Å². The van der Waals surface area contributed by atoms with Gasteiger partial charge in [-0.05, 0) is 47.0 Å². The molecule has 2 saturated heterocycles. The second kappa shape index (κ2) is 10.3. The van der Waals surface area contributed by atoms with Crippen LogP contribution in [0, 0.1) is 5.92 Å². The van der Waals surface area contributed by atoms with Gasteiger partial charge >= 0.3 is 12.2 Å². The molecule has 9 nitrogen and oxygen atoms in total. The summed E-state index contributed by atoms with van der Waals surface area (Å²) in [5, 5.41) is 3.37. The van der Waals surface area contributed by atoms with Crippen LogP contribution in [0.15, 0.2) is 0 Å². The van der Waals surface area contributed by atoms with Crippen molar-refractivity contribution in [3.63, 3.8) is 0 Å². The number of likely N-dealkylation sites (tertiary alicyclic amines) is 1. The standard InChI is InChI=1S/C21H38N4O5/c1-7-29-19(27)24-12-10-23(11-13-24)17(26)14-22-18-15(2)8-9-25(16(18)3)20(28)30-21(4,5)6/h15-16,18,22H,7-14H2,1-6H3/t15-,16-,18+/m0/s1. The van der Waals surface area contributed by atoms with Crippen molar-refractivity contribution >= 4 is 18.1 Å². The van der Waals surface area contributed by atoms with Crippen molar-refractivity contribution < 1.29 is 23.9 Å². The van der Waals surface area contributed by atoms with Crippen LogP contribution < -0.4 is 5.32 Å². The Bertz CT molecular complexity index is 613. The van der Waals surface area contributed by atoms with Gasteiger partial charge in [-0.2, -0.15) is 0 Å². The lowest BCUT2D eigenvalue weighted by molar-refractivity contribution is -0.132. The third-order valence-electron chi connectivity index (χ3n) is 5.73. The lowest BCUT2D eigenvalue weighted by atomic mass is 9.87. The molecule has 0 radical (unpaired) electrons. The number of nitrogens with zero attached hydrogens (tertiary/aromatic N) is 3. The van der Waals surface area contributed by atoms with Gasteiger partial charge in [0.25, 0.3) is 0 Å². The van der Waals surface area contributed by atoms with E-state index in [1.807, 2.05) is 27.7 Å². The highest BCUT2D eigenvalue weighted by molar-refractivity contribution is 5.79. The molecule has 2 fully saturated rings. The minimum absolute atomic E-state index is 0.00676. The summed E-state index contributed by atoms with van der Waals surface area (Å²) >= 11 is 0. The van der Waals surface area contributed by atoms with Crippen molar-refractivity contribution in [2.24, 2.45) is 5.92 Å². The van der Waals surface area contributed by atoms with Crippen LogP contribution in [0.5, 0.6) is 0 Å². The minimum Gasteiger partial charge on any atom is -0.450 e. The summed E-state index contributed by atoms with van der Waals surface area (Å²) in [4.78, 5) is 42.2. The Hall–Kier alpha value is -2.03. The van der Waals surface area contributed by atoms with E-state index in [-0.39, 0.29) is 36.7 Å². The molecule has 0 saturated carbocycles. The number of hydrogen-bond acceptors (Lipinski definition) is 6. The van der Waals surface area contributed by atoms with Crippen molar-refractivity contribution in [3.05, 3.63) is 0 Å². The van der Waals surface area contributed by atoms with Gasteiger partial charge in [-0.15, -0.1) is 0 Å². The number of amides is 3. The van der Waals surface area contributed by atoms with Gasteiger partial charge in [-0.1, -0.05) is 6.92 Å². The van der Waals surface area contributed by atoms with Crippen LogP contribution in [-0.4, -0.2) is 96.4 Å². The fourth-order valence-corrected chi connectivity index (χ4v) is 4.02. The fraction of sp³-hybridized carbons (Fsp3) is 0.857. The monoisotopic (exact) mass is 426 g/mol. The summed E-state index contributed by atoms with van der Waals surface area (Å²) in [5.74, 6) is 0.347. The average Bonchev–Trinajstić information content (AvgIpc) is 2.66. The minimum atomic E-state index is -0.537. The molecule has 3 atom stereocenters. The molecule has 0 aromatic carbocycles. The van der Waals surface area contributed by atoms with Crippen molar-refractivity contribution in [2.45, 2.75) is 65.6 Å². The van der Waals surface area contributed by atoms with E-state index in [1.54, 1.807) is 21.6 Å². The molecule has 0 bridgehead atoms. The normalized spacial score (nSPS) is 25.1. The third-order valence-corrected chi connectivity index (χ3v) is 5.73. The second-order valence-corrected chi connectivity index (χ2v) is 9.15. The first kappa shape index (κ1) is 24.2. The van der Waals surface area contributed by atoms with Crippen molar-refractivity contribution in [3.8, 4) is 0 Å². The molecule has 172 valence electrons. The Morgan fingerprint density at radius 1 is 0.967 bits per heavy atom. The van der Waals surface area contributed by atoms with E-state index in [9.17, 15) is 14.4 Å². The van der Waals surface area contributed by atoms with Crippen molar-refractivity contribution in [2.75, 3.05) is 45.9 Å². The maximum Gasteiger partial charge on any atom is 0.410 e. The Morgan fingerprint density at radius 3 is 2.13 bits per heavy atom. The summed E-state index contributed by atoms with van der Waals surface area (Å²) in [7, 11) is 0. The fourth-order valence-electron chi connectivity index (χ4n) is 4.02. The van der Waals surface area contributed by atoms with E-state index < -0.39 is 5.60 Å². The molecule has 0 aromatic rings. The van der Waals surface area contributed by atoms with Gasteiger partial charge in [0.15, 0.2) is 0 Å². The van der Waals surface area contributed by atoms with Crippen molar-refractivity contribution in [1.29, 1.82) is 0 Å². The zero-order valence-corrected chi connectivity index (χ0v) is 19.3. The smallest absolute Gasteiger partial charge is 0.410 e. The molecule has 0 unspecified atom stereocenters. The highest BCUT2D eigenvalue weighted by Crippen LogP contribution is 2.25. The second-order valence-electron chi connectivity index (χ2n) is 9.15. The maximum absolute atomic E-state index is 12.7. The molecule has 2 rings (SSSR count). The molecular weight excluding hydrogens is 388 g/mol. The highest BCUT2D eigenvalue weighted by atomic mass is 16.6. The number of hydrogen-bond donors (Lipinski definition) is 1. The van der Waals surface area contributed by atoms with Crippen LogP contribution in [0.2, 0.25) is 0 Å². The predicted molar refractivity (Wildman–Crippen MR) is 113 cm³/mol. The highest BCUT2D eigenvalue weighted by Gasteiger charge is 2.37. The molecule has 0 aromatic heterocycles. The van der Waals surface area contributed by atoms with E-state index in [0.717, 1.165) is 6.42 Å². The van der Waals surface area contributed by atoms with E-state index in [1.165, 1.54) is 0 Å². The largest absolute Gasteiger partial charge is 0.450 e. The van der Waals surface area contributed by atoms with E-state index >= 15 is 0 Å². The van der Waals surface area contributed by atoms with E-state index in [2.05, 4.69) is 12.2 Å². The molecule has 0 aliphatic carbocycles. The summed E-state index contributed by atoms with van der Waals surface area (Å²) < 4.78 is 10.6. The number of carbonyl (C=O) groups excluding carboxylic acids is 3. The molecule has 30 heavy (non-hydrogen) atoms. The number of rotatable bonds is 4. The first-order valence-corrected chi connectivity index (χ1v) is 11.0. The number of piperazine rings is 1. The number of piperidine rings is 1. The molecule has 0 spiro atoms. The maximum atomic E-state index is 12.7. The van der Waals surface area contributed by atoms with Gasteiger partial charge in [0.1, 0.15) is 5.60 Å². The predicted octanol–water partition coefficient (Wildman–Crippen LogP) is 1.91. The van der Waals surface area contributed by atoms with Gasteiger partial charge < -0.3 is 29.5 Å². The Morgan fingerprint density at radius 2 is 1.57 bits per heavy atom. The average molecular weight is 427 g/mol. The SMILES string of the molecule is CCOC(=O)N1CCN(C(=O)CN[C@@H]2[C@@H](C)CCN(C(=O)OC(C)(C)C)[C@H]2C)CC1. The molecule has 2 aliphatic rings. The van der Waals surface area contributed by atoms with E-state index in [0.29, 0.717) is 45.2 Å². The van der Waals surface area contributed by atoms with Gasteiger partial charge in [0.05, 0.1) is 13.2 Å². The van der Waals surface area contributed by atoms with Crippen LogP contribution >= 0.6 is 0 Å². The summed E-state index contributed by atoms with van der Waals surface area (Å²) in [6.45, 7) is 14.7. The van der Waals surface area contributed by atoms with Crippen LogP contribution in [0.3, 0.4) is 0 Å². The summed E-state index contributed by atoms with van der Waals surface area (Å²) in [6, 6.07) is -0.0619. The Kier molecular flexibility index (Phi) is 8.34. The zero-order valence-electron chi connectivity index (χ0n) is 19.3. The van der Waals surface area contributed by atoms with Crippen molar-refractivity contribution in [1.82, 2.24) is 20.0 Å². The number of carbonyl (C=O) groups is 3. The summed E-state index contributed by atoms with van der Waals surface area (Å²) in [5.41, 5.74) is -0.537. The third kappa shape index (κ3) is 6.48. The molecule has 2 aliphatic heterocycles. The van der Waals surface area contributed by atoms with Gasteiger partial charge in [-0.25, -0.2) is 9.59 Å². The van der Waals surface area contributed by atoms with Gasteiger partial charge in [0, 0.05) is 44.8 Å². The molecule has 3 amide bonds.